The number of nitrogens with zero attached hydrogens (tertiary/aromatic N) is 1. The molecule has 0 radical (unpaired) electrons. The van der Waals surface area contributed by atoms with Gasteiger partial charge < -0.3 is 9.47 Å². The normalized spacial score (nSPS) is 25.1. The lowest BCUT2D eigenvalue weighted by Gasteiger charge is -2.40. The van der Waals surface area contributed by atoms with Gasteiger partial charge in [-0.05, 0) is 12.5 Å². The Balaban J connectivity index is 2.01. The third kappa shape index (κ3) is 3.19. The Morgan fingerprint density at radius 3 is 2.85 bits per heavy atom. The van der Waals surface area contributed by atoms with Crippen LogP contribution in [0.15, 0.2) is 18.2 Å². The summed E-state index contributed by atoms with van der Waals surface area (Å²) in [5.74, 6) is -0.777. The topological polar surface area (TPSA) is 61.6 Å². The Morgan fingerprint density at radius 1 is 1.55 bits per heavy atom. The second kappa shape index (κ2) is 6.37. The molecule has 0 N–H and O–H groups in total. The van der Waals surface area contributed by atoms with E-state index in [2.05, 4.69) is 0 Å². The average Bonchev–Trinajstić information content (AvgIpc) is 2.40. The van der Waals surface area contributed by atoms with Gasteiger partial charge in [-0.15, -0.1) is 11.6 Å². The minimum absolute atomic E-state index is 0.0192. The van der Waals surface area contributed by atoms with Crippen LogP contribution in [-0.4, -0.2) is 29.1 Å². The van der Waals surface area contributed by atoms with E-state index in [-0.39, 0.29) is 29.0 Å². The van der Waals surface area contributed by atoms with Gasteiger partial charge in [0.15, 0.2) is 11.6 Å². The Hall–Kier alpha value is -1.40. The standard InChI is InChI=1S/C13H15ClFNO4/c1-2-5-19-13-9(14)7-12(13)20-11-4-3-8(16(17)18)6-10(11)15/h3-4,6,9,12-13H,2,5,7H2,1H3. The van der Waals surface area contributed by atoms with E-state index in [1.54, 1.807) is 0 Å². The molecule has 0 saturated heterocycles. The van der Waals surface area contributed by atoms with Crippen molar-refractivity contribution in [1.29, 1.82) is 0 Å². The van der Waals surface area contributed by atoms with Gasteiger partial charge in [-0.2, -0.15) is 0 Å². The van der Waals surface area contributed by atoms with Gasteiger partial charge in [0.1, 0.15) is 12.2 Å². The highest BCUT2D eigenvalue weighted by atomic mass is 35.5. The zero-order valence-corrected chi connectivity index (χ0v) is 11.7. The van der Waals surface area contributed by atoms with Crippen molar-refractivity contribution in [3.63, 3.8) is 0 Å². The first-order valence-corrected chi connectivity index (χ1v) is 6.82. The van der Waals surface area contributed by atoms with Gasteiger partial charge in [0.05, 0.1) is 16.4 Å². The van der Waals surface area contributed by atoms with Crippen LogP contribution in [0.4, 0.5) is 10.1 Å². The minimum Gasteiger partial charge on any atom is -0.485 e. The van der Waals surface area contributed by atoms with Crippen molar-refractivity contribution in [1.82, 2.24) is 0 Å². The smallest absolute Gasteiger partial charge is 0.272 e. The summed E-state index contributed by atoms with van der Waals surface area (Å²) in [7, 11) is 0. The summed E-state index contributed by atoms with van der Waals surface area (Å²) in [4.78, 5) is 9.87. The van der Waals surface area contributed by atoms with E-state index in [4.69, 9.17) is 21.1 Å². The second-order valence-electron chi connectivity index (χ2n) is 4.62. The van der Waals surface area contributed by atoms with Crippen LogP contribution in [0.5, 0.6) is 5.75 Å². The molecule has 0 amide bonds. The first kappa shape index (κ1) is 15.0. The fourth-order valence-electron chi connectivity index (χ4n) is 1.97. The van der Waals surface area contributed by atoms with Crippen LogP contribution in [0.2, 0.25) is 0 Å². The molecule has 1 aliphatic carbocycles. The molecule has 110 valence electrons. The molecule has 2 rings (SSSR count). The van der Waals surface area contributed by atoms with E-state index in [1.165, 1.54) is 12.1 Å². The number of nitro groups is 1. The summed E-state index contributed by atoms with van der Waals surface area (Å²) < 4.78 is 24.7. The number of non-ortho nitro benzene ring substituents is 1. The number of alkyl halides is 1. The number of ether oxygens (including phenoxy) is 2. The number of rotatable bonds is 6. The molecule has 1 aromatic carbocycles. The fraction of sp³-hybridized carbons (Fsp3) is 0.538. The lowest BCUT2D eigenvalue weighted by molar-refractivity contribution is -0.385. The number of hydrogen-bond acceptors (Lipinski definition) is 4. The maximum Gasteiger partial charge on any atom is 0.272 e. The van der Waals surface area contributed by atoms with Crippen LogP contribution in [0.25, 0.3) is 0 Å². The molecule has 0 bridgehead atoms. The quantitative estimate of drug-likeness (QED) is 0.459. The van der Waals surface area contributed by atoms with E-state index >= 15 is 0 Å². The van der Waals surface area contributed by atoms with E-state index < -0.39 is 10.7 Å². The van der Waals surface area contributed by atoms with Crippen molar-refractivity contribution in [3.8, 4) is 5.75 Å². The third-order valence-corrected chi connectivity index (χ3v) is 3.53. The van der Waals surface area contributed by atoms with Crippen LogP contribution in [0.1, 0.15) is 19.8 Å². The predicted octanol–water partition coefficient (Wildman–Crippen LogP) is 3.29. The van der Waals surface area contributed by atoms with Gasteiger partial charge in [0, 0.05) is 19.1 Å². The molecule has 0 aromatic heterocycles. The van der Waals surface area contributed by atoms with Crippen LogP contribution >= 0.6 is 11.6 Å². The largest absolute Gasteiger partial charge is 0.485 e. The van der Waals surface area contributed by atoms with Crippen LogP contribution in [0.3, 0.4) is 0 Å². The highest BCUT2D eigenvalue weighted by Gasteiger charge is 2.43. The molecule has 1 saturated carbocycles. The summed E-state index contributed by atoms with van der Waals surface area (Å²) in [6, 6.07) is 3.30. The van der Waals surface area contributed by atoms with E-state index in [9.17, 15) is 14.5 Å². The number of hydrogen-bond donors (Lipinski definition) is 0. The molecule has 3 atom stereocenters. The SMILES string of the molecule is CCCOC1C(Cl)CC1Oc1ccc([N+](=O)[O-])cc1F. The number of nitro benzene ring substituents is 1. The molecule has 5 nitrogen and oxygen atoms in total. The van der Waals surface area contributed by atoms with Gasteiger partial charge in [0.25, 0.3) is 5.69 Å². The lowest BCUT2D eigenvalue weighted by Crippen LogP contribution is -2.52. The zero-order valence-electron chi connectivity index (χ0n) is 10.9. The van der Waals surface area contributed by atoms with Gasteiger partial charge >= 0.3 is 0 Å². The van der Waals surface area contributed by atoms with Crippen molar-refractivity contribution in [2.45, 2.75) is 37.4 Å². The Bertz CT molecular complexity index is 499. The highest BCUT2D eigenvalue weighted by molar-refractivity contribution is 6.21. The van der Waals surface area contributed by atoms with Crippen molar-refractivity contribution in [2.24, 2.45) is 0 Å². The summed E-state index contributed by atoms with van der Waals surface area (Å²) in [5, 5.41) is 10.4. The van der Waals surface area contributed by atoms with E-state index in [0.717, 1.165) is 12.5 Å². The molecule has 7 heteroatoms. The zero-order chi connectivity index (χ0) is 14.7. The van der Waals surface area contributed by atoms with Crippen LogP contribution in [-0.2, 0) is 4.74 Å². The first-order chi connectivity index (χ1) is 9.52. The van der Waals surface area contributed by atoms with Gasteiger partial charge in [-0.3, -0.25) is 10.1 Å². The maximum absolute atomic E-state index is 13.7. The fourth-order valence-corrected chi connectivity index (χ4v) is 2.38. The second-order valence-corrected chi connectivity index (χ2v) is 5.18. The van der Waals surface area contributed by atoms with Gasteiger partial charge in [-0.25, -0.2) is 4.39 Å². The summed E-state index contributed by atoms with van der Waals surface area (Å²) in [5.41, 5.74) is -0.308. The van der Waals surface area contributed by atoms with Crippen molar-refractivity contribution in [2.75, 3.05) is 6.61 Å². The van der Waals surface area contributed by atoms with Gasteiger partial charge in [0.2, 0.25) is 0 Å². The molecular formula is C13H15ClFNO4. The molecule has 20 heavy (non-hydrogen) atoms. The highest BCUT2D eigenvalue weighted by Crippen LogP contribution is 2.34. The first-order valence-electron chi connectivity index (χ1n) is 6.39. The molecule has 1 aromatic rings. The minimum atomic E-state index is -0.758. The molecule has 1 aliphatic rings. The van der Waals surface area contributed by atoms with Crippen molar-refractivity contribution >= 4 is 17.3 Å². The molecule has 3 unspecified atom stereocenters. The van der Waals surface area contributed by atoms with Crippen LogP contribution in [0, 0.1) is 15.9 Å². The molecule has 0 heterocycles. The summed E-state index contributed by atoms with van der Waals surface area (Å²) in [6.45, 7) is 2.55. The van der Waals surface area contributed by atoms with Crippen molar-refractivity contribution in [3.05, 3.63) is 34.1 Å². The lowest BCUT2D eigenvalue weighted by atomic mass is 9.91. The summed E-state index contributed by atoms with van der Waals surface area (Å²) in [6.07, 6.45) is 0.830. The Morgan fingerprint density at radius 2 is 2.30 bits per heavy atom. The number of halogens is 2. The Kier molecular flexibility index (Phi) is 4.77. The molecule has 1 fully saturated rings. The third-order valence-electron chi connectivity index (χ3n) is 3.10. The maximum atomic E-state index is 13.7. The Labute approximate surface area is 120 Å². The molecular weight excluding hydrogens is 289 g/mol. The summed E-state index contributed by atoms with van der Waals surface area (Å²) >= 11 is 6.03. The van der Waals surface area contributed by atoms with E-state index in [0.29, 0.717) is 13.0 Å². The van der Waals surface area contributed by atoms with Crippen LogP contribution < -0.4 is 4.74 Å². The predicted molar refractivity (Wildman–Crippen MR) is 71.8 cm³/mol. The van der Waals surface area contributed by atoms with Crippen molar-refractivity contribution < 1.29 is 18.8 Å². The van der Waals surface area contributed by atoms with Gasteiger partial charge in [-0.1, -0.05) is 6.92 Å². The van der Waals surface area contributed by atoms with E-state index in [1.807, 2.05) is 6.92 Å². The number of benzene rings is 1. The molecule has 0 spiro atoms. The average molecular weight is 304 g/mol. The molecule has 0 aliphatic heterocycles. The monoisotopic (exact) mass is 303 g/mol.